The molecule has 1 rings (SSSR count). The van der Waals surface area contributed by atoms with Gasteiger partial charge in [-0.05, 0) is 37.1 Å². The minimum absolute atomic E-state index is 0.425. The lowest BCUT2D eigenvalue weighted by Crippen LogP contribution is -2.40. The van der Waals surface area contributed by atoms with Crippen molar-refractivity contribution in [2.45, 2.75) is 53.0 Å². The van der Waals surface area contributed by atoms with Crippen LogP contribution in [0.2, 0.25) is 0 Å². The SMILES string of the molecule is CC1(C)CC(N)CC(C)(C)C1.CN. The second-order valence-corrected chi connectivity index (χ2v) is 5.67. The van der Waals surface area contributed by atoms with Gasteiger partial charge < -0.3 is 11.5 Å². The van der Waals surface area contributed by atoms with Gasteiger partial charge in [0.1, 0.15) is 0 Å². The van der Waals surface area contributed by atoms with E-state index in [2.05, 4.69) is 33.4 Å². The lowest BCUT2D eigenvalue weighted by molar-refractivity contribution is 0.0989. The number of nitrogens with two attached hydrogens (primary N) is 2. The molecule has 0 aromatic rings. The van der Waals surface area contributed by atoms with Crippen molar-refractivity contribution >= 4 is 0 Å². The van der Waals surface area contributed by atoms with E-state index in [1.54, 1.807) is 0 Å². The zero-order valence-corrected chi connectivity index (χ0v) is 9.85. The fraction of sp³-hybridized carbons (Fsp3) is 1.00. The summed E-state index contributed by atoms with van der Waals surface area (Å²) in [5.74, 6) is 0. The summed E-state index contributed by atoms with van der Waals surface area (Å²) in [6.07, 6.45) is 3.70. The van der Waals surface area contributed by atoms with Crippen molar-refractivity contribution in [3.05, 3.63) is 0 Å². The van der Waals surface area contributed by atoms with Gasteiger partial charge in [-0.2, -0.15) is 0 Å². The van der Waals surface area contributed by atoms with Crippen molar-refractivity contribution in [1.82, 2.24) is 0 Å². The Labute approximate surface area is 83.1 Å². The Morgan fingerprint density at radius 1 is 0.923 bits per heavy atom. The minimum atomic E-state index is 0.425. The predicted octanol–water partition coefficient (Wildman–Crippen LogP) is 2.12. The van der Waals surface area contributed by atoms with E-state index in [1.807, 2.05) is 0 Å². The zero-order chi connectivity index (χ0) is 10.7. The Kier molecular flexibility index (Phi) is 4.40. The smallest absolute Gasteiger partial charge is 0.00489 e. The van der Waals surface area contributed by atoms with Crippen LogP contribution in [0.5, 0.6) is 0 Å². The van der Waals surface area contributed by atoms with Gasteiger partial charge in [0.25, 0.3) is 0 Å². The molecule has 0 aromatic heterocycles. The van der Waals surface area contributed by atoms with E-state index in [-0.39, 0.29) is 0 Å². The van der Waals surface area contributed by atoms with E-state index in [1.165, 1.54) is 26.3 Å². The molecule has 0 amide bonds. The van der Waals surface area contributed by atoms with Gasteiger partial charge in [0, 0.05) is 6.04 Å². The molecule has 13 heavy (non-hydrogen) atoms. The molecule has 2 heteroatoms. The zero-order valence-electron chi connectivity index (χ0n) is 9.85. The molecule has 1 fully saturated rings. The van der Waals surface area contributed by atoms with Gasteiger partial charge in [-0.15, -0.1) is 0 Å². The molecule has 1 aliphatic rings. The number of rotatable bonds is 0. The molecule has 0 aromatic carbocycles. The van der Waals surface area contributed by atoms with Crippen LogP contribution >= 0.6 is 0 Å². The maximum Gasteiger partial charge on any atom is 0.00489 e. The summed E-state index contributed by atoms with van der Waals surface area (Å²) < 4.78 is 0. The van der Waals surface area contributed by atoms with Crippen LogP contribution < -0.4 is 11.5 Å². The van der Waals surface area contributed by atoms with Gasteiger partial charge in [-0.1, -0.05) is 27.7 Å². The summed E-state index contributed by atoms with van der Waals surface area (Å²) in [6.45, 7) is 9.31. The third-order valence-electron chi connectivity index (χ3n) is 2.59. The van der Waals surface area contributed by atoms with Crippen molar-refractivity contribution in [3.8, 4) is 0 Å². The van der Waals surface area contributed by atoms with E-state index in [9.17, 15) is 0 Å². The highest BCUT2D eigenvalue weighted by atomic mass is 14.7. The van der Waals surface area contributed by atoms with E-state index in [0.717, 1.165) is 0 Å². The first-order valence-corrected chi connectivity index (χ1v) is 5.14. The maximum absolute atomic E-state index is 5.99. The lowest BCUT2D eigenvalue weighted by atomic mass is 9.64. The van der Waals surface area contributed by atoms with Gasteiger partial charge in [0.15, 0.2) is 0 Å². The Morgan fingerprint density at radius 2 is 1.23 bits per heavy atom. The summed E-state index contributed by atoms with van der Waals surface area (Å²) in [6, 6.07) is 0.425. The number of hydrogen-bond acceptors (Lipinski definition) is 2. The first-order valence-electron chi connectivity index (χ1n) is 5.14. The summed E-state index contributed by atoms with van der Waals surface area (Å²) in [4.78, 5) is 0. The van der Waals surface area contributed by atoms with Crippen LogP contribution in [0.1, 0.15) is 47.0 Å². The molecule has 0 atom stereocenters. The summed E-state index contributed by atoms with van der Waals surface area (Å²) in [5, 5.41) is 0. The second kappa shape index (κ2) is 4.43. The van der Waals surface area contributed by atoms with Crippen LogP contribution in [-0.4, -0.2) is 13.1 Å². The molecule has 0 aliphatic heterocycles. The first kappa shape index (κ1) is 12.9. The largest absolute Gasteiger partial charge is 0.333 e. The quantitative estimate of drug-likeness (QED) is 0.609. The first-order chi connectivity index (χ1) is 5.81. The molecular formula is C11H26N2. The maximum atomic E-state index is 5.99. The normalized spacial score (nSPS) is 26.1. The molecule has 0 saturated heterocycles. The third kappa shape index (κ3) is 4.63. The molecule has 0 spiro atoms. The Hall–Kier alpha value is -0.0800. The summed E-state index contributed by atoms with van der Waals surface area (Å²) in [7, 11) is 1.50. The molecule has 0 unspecified atom stereocenters. The van der Waals surface area contributed by atoms with Gasteiger partial charge in [0.2, 0.25) is 0 Å². The molecule has 1 aliphatic carbocycles. The van der Waals surface area contributed by atoms with Crippen molar-refractivity contribution in [1.29, 1.82) is 0 Å². The van der Waals surface area contributed by atoms with Crippen molar-refractivity contribution in [3.63, 3.8) is 0 Å². The van der Waals surface area contributed by atoms with E-state index in [0.29, 0.717) is 16.9 Å². The highest BCUT2D eigenvalue weighted by molar-refractivity contribution is 4.90. The monoisotopic (exact) mass is 186 g/mol. The lowest BCUT2D eigenvalue weighted by Gasteiger charge is -2.43. The fourth-order valence-corrected chi connectivity index (χ4v) is 2.93. The van der Waals surface area contributed by atoms with Crippen LogP contribution in [0.4, 0.5) is 0 Å². The standard InChI is InChI=1S/C10H21N.CH5N/c1-9(2)5-8(11)6-10(3,4)7-9;1-2/h8H,5-7,11H2,1-4H3;2H2,1H3. The Bertz CT molecular complexity index is 134. The highest BCUT2D eigenvalue weighted by Crippen LogP contribution is 2.44. The van der Waals surface area contributed by atoms with Crippen LogP contribution in [0, 0.1) is 10.8 Å². The second-order valence-electron chi connectivity index (χ2n) is 5.67. The number of hydrogen-bond donors (Lipinski definition) is 2. The van der Waals surface area contributed by atoms with Gasteiger partial charge in [-0.25, -0.2) is 0 Å². The van der Waals surface area contributed by atoms with Crippen LogP contribution in [0.15, 0.2) is 0 Å². The van der Waals surface area contributed by atoms with Gasteiger partial charge in [-0.3, -0.25) is 0 Å². The average Bonchev–Trinajstić information content (AvgIpc) is 1.82. The molecule has 0 heterocycles. The van der Waals surface area contributed by atoms with Crippen LogP contribution in [0.25, 0.3) is 0 Å². The van der Waals surface area contributed by atoms with Crippen LogP contribution in [0.3, 0.4) is 0 Å². The Balaban J connectivity index is 0.000000671. The highest BCUT2D eigenvalue weighted by Gasteiger charge is 2.36. The van der Waals surface area contributed by atoms with E-state index in [4.69, 9.17) is 5.73 Å². The molecule has 80 valence electrons. The predicted molar refractivity (Wildman–Crippen MR) is 59.5 cm³/mol. The van der Waals surface area contributed by atoms with Crippen molar-refractivity contribution in [2.24, 2.45) is 22.3 Å². The third-order valence-corrected chi connectivity index (χ3v) is 2.59. The molecule has 0 bridgehead atoms. The molecular weight excluding hydrogens is 160 g/mol. The fourth-order valence-electron chi connectivity index (χ4n) is 2.93. The van der Waals surface area contributed by atoms with Crippen LogP contribution in [-0.2, 0) is 0 Å². The summed E-state index contributed by atoms with van der Waals surface area (Å²) in [5.41, 5.74) is 11.4. The van der Waals surface area contributed by atoms with Gasteiger partial charge in [0.05, 0.1) is 0 Å². The van der Waals surface area contributed by atoms with E-state index >= 15 is 0 Å². The Morgan fingerprint density at radius 3 is 1.46 bits per heavy atom. The average molecular weight is 186 g/mol. The summed E-state index contributed by atoms with van der Waals surface area (Å²) >= 11 is 0. The molecule has 2 nitrogen and oxygen atoms in total. The van der Waals surface area contributed by atoms with E-state index < -0.39 is 0 Å². The molecule has 1 saturated carbocycles. The minimum Gasteiger partial charge on any atom is -0.333 e. The molecule has 0 radical (unpaired) electrons. The van der Waals surface area contributed by atoms with Gasteiger partial charge >= 0.3 is 0 Å². The topological polar surface area (TPSA) is 52.0 Å². The molecule has 4 N–H and O–H groups in total. The van der Waals surface area contributed by atoms with Crippen molar-refractivity contribution in [2.75, 3.05) is 7.05 Å². The van der Waals surface area contributed by atoms with Crippen molar-refractivity contribution < 1.29 is 0 Å².